The van der Waals surface area contributed by atoms with Gasteiger partial charge in [-0.25, -0.2) is 0 Å². The van der Waals surface area contributed by atoms with Gasteiger partial charge in [0.15, 0.2) is 0 Å². The van der Waals surface area contributed by atoms with Gasteiger partial charge in [-0.2, -0.15) is 0 Å². The predicted molar refractivity (Wildman–Crippen MR) is 135 cm³/mol. The first-order valence-corrected chi connectivity index (χ1v) is 11.4. The number of fused-ring (bicyclic) bond motifs is 1. The Morgan fingerprint density at radius 3 is 2.66 bits per heavy atom. The van der Waals surface area contributed by atoms with Crippen molar-refractivity contribution in [2.45, 2.75) is 33.4 Å². The van der Waals surface area contributed by atoms with Gasteiger partial charge >= 0.3 is 5.97 Å². The number of carbonyl (C=O) groups excluding carboxylic acids is 2. The Kier molecular flexibility index (Phi) is 7.48. The van der Waals surface area contributed by atoms with Gasteiger partial charge in [0.25, 0.3) is 0 Å². The molecule has 7 heteroatoms. The number of hydrogen-bond donors (Lipinski definition) is 2. The Morgan fingerprint density at radius 1 is 1.03 bits per heavy atom. The van der Waals surface area contributed by atoms with E-state index in [1.807, 2.05) is 36.4 Å². The molecule has 180 valence electrons. The molecule has 0 saturated carbocycles. The molecule has 0 spiro atoms. The fourth-order valence-electron chi connectivity index (χ4n) is 3.95. The minimum Gasteiger partial charge on any atom is -0.489 e. The highest BCUT2D eigenvalue weighted by atomic mass is 16.5. The number of benzene rings is 3. The van der Waals surface area contributed by atoms with Gasteiger partial charge in [-0.3, -0.25) is 9.59 Å². The third-order valence-electron chi connectivity index (χ3n) is 5.51. The normalized spacial score (nSPS) is 10.8. The summed E-state index contributed by atoms with van der Waals surface area (Å²) >= 11 is 0. The summed E-state index contributed by atoms with van der Waals surface area (Å²) in [6, 6.07) is 19.2. The van der Waals surface area contributed by atoms with Crippen LogP contribution in [0.15, 0.2) is 71.3 Å². The van der Waals surface area contributed by atoms with Gasteiger partial charge in [-0.15, -0.1) is 0 Å². The van der Waals surface area contributed by atoms with Gasteiger partial charge in [0, 0.05) is 41.7 Å². The quantitative estimate of drug-likeness (QED) is 0.325. The predicted octanol–water partition coefficient (Wildman–Crippen LogP) is 5.20. The van der Waals surface area contributed by atoms with Gasteiger partial charge in [-0.1, -0.05) is 24.3 Å². The number of hydrogen-bond acceptors (Lipinski definition) is 6. The van der Waals surface area contributed by atoms with Crippen LogP contribution in [0.1, 0.15) is 30.5 Å². The SMILES string of the molecule is CCOC(=O)Cc1ccc(NC(C)=O)cc1OCc1cc(-c2cccc(CN)c2)c2occc2c1. The first kappa shape index (κ1) is 24.0. The molecule has 7 nitrogen and oxygen atoms in total. The minimum atomic E-state index is -0.341. The van der Waals surface area contributed by atoms with Crippen molar-refractivity contribution in [3.63, 3.8) is 0 Å². The number of rotatable bonds is 9. The van der Waals surface area contributed by atoms with Gasteiger partial charge < -0.3 is 24.9 Å². The van der Waals surface area contributed by atoms with Crippen molar-refractivity contribution in [3.05, 3.63) is 83.6 Å². The minimum absolute atomic E-state index is 0.0709. The van der Waals surface area contributed by atoms with E-state index in [1.165, 1.54) is 6.92 Å². The molecule has 4 rings (SSSR count). The van der Waals surface area contributed by atoms with E-state index in [2.05, 4.69) is 11.4 Å². The molecule has 4 aromatic rings. The van der Waals surface area contributed by atoms with Crippen molar-refractivity contribution in [2.75, 3.05) is 11.9 Å². The molecule has 0 bridgehead atoms. The van der Waals surface area contributed by atoms with E-state index in [9.17, 15) is 9.59 Å². The Labute approximate surface area is 203 Å². The molecule has 0 atom stereocenters. The fourth-order valence-corrected chi connectivity index (χ4v) is 3.95. The average Bonchev–Trinajstić information content (AvgIpc) is 3.32. The summed E-state index contributed by atoms with van der Waals surface area (Å²) < 4.78 is 17.0. The summed E-state index contributed by atoms with van der Waals surface area (Å²) in [5.41, 5.74) is 11.8. The lowest BCUT2D eigenvalue weighted by atomic mass is 9.99. The number of furan rings is 1. The van der Waals surface area contributed by atoms with Gasteiger partial charge in [0.2, 0.25) is 5.91 Å². The molecule has 0 radical (unpaired) electrons. The standard InChI is InChI=1S/C28H28N2O5/c1-3-33-27(32)14-22-7-8-24(30-18(2)31)15-26(22)35-17-20-12-23-9-10-34-28(23)25(13-20)21-6-4-5-19(11-21)16-29/h4-13,15H,3,14,16-17,29H2,1-2H3,(H,30,31). The lowest BCUT2D eigenvalue weighted by Gasteiger charge is -2.14. The monoisotopic (exact) mass is 472 g/mol. The Balaban J connectivity index is 1.65. The van der Waals surface area contributed by atoms with Crippen molar-refractivity contribution < 1.29 is 23.5 Å². The van der Waals surface area contributed by atoms with Crippen molar-refractivity contribution >= 4 is 28.5 Å². The van der Waals surface area contributed by atoms with Crippen LogP contribution in [0, 0.1) is 0 Å². The summed E-state index contributed by atoms with van der Waals surface area (Å²) in [4.78, 5) is 23.6. The summed E-state index contributed by atoms with van der Waals surface area (Å²) in [5, 5.41) is 3.71. The maximum Gasteiger partial charge on any atom is 0.310 e. The molecular formula is C28H28N2O5. The second kappa shape index (κ2) is 10.9. The zero-order chi connectivity index (χ0) is 24.8. The van der Waals surface area contributed by atoms with Crippen LogP contribution < -0.4 is 15.8 Å². The molecule has 35 heavy (non-hydrogen) atoms. The lowest BCUT2D eigenvalue weighted by molar-refractivity contribution is -0.142. The van der Waals surface area contributed by atoms with Crippen molar-refractivity contribution in [1.29, 1.82) is 0 Å². The van der Waals surface area contributed by atoms with Crippen LogP contribution >= 0.6 is 0 Å². The number of ether oxygens (including phenoxy) is 2. The molecule has 3 aromatic carbocycles. The van der Waals surface area contributed by atoms with Gasteiger partial charge in [0.05, 0.1) is 19.3 Å². The van der Waals surface area contributed by atoms with Crippen molar-refractivity contribution in [3.8, 4) is 16.9 Å². The third kappa shape index (κ3) is 5.88. The van der Waals surface area contributed by atoms with E-state index >= 15 is 0 Å². The number of nitrogens with two attached hydrogens (primary N) is 1. The molecule has 0 unspecified atom stereocenters. The van der Waals surface area contributed by atoms with E-state index in [4.69, 9.17) is 19.6 Å². The highest BCUT2D eigenvalue weighted by Gasteiger charge is 2.14. The van der Waals surface area contributed by atoms with Crippen LogP contribution in [0.2, 0.25) is 0 Å². The molecule has 3 N–H and O–H groups in total. The number of anilines is 1. The molecule has 1 amide bonds. The van der Waals surface area contributed by atoms with Crippen LogP contribution in [0.25, 0.3) is 22.1 Å². The van der Waals surface area contributed by atoms with E-state index in [0.717, 1.165) is 33.2 Å². The van der Waals surface area contributed by atoms with Crippen LogP contribution in [0.3, 0.4) is 0 Å². The number of carbonyl (C=O) groups is 2. The first-order valence-electron chi connectivity index (χ1n) is 11.4. The highest BCUT2D eigenvalue weighted by molar-refractivity contribution is 5.93. The first-order chi connectivity index (χ1) is 17.0. The summed E-state index contributed by atoms with van der Waals surface area (Å²) in [7, 11) is 0. The average molecular weight is 473 g/mol. The zero-order valence-corrected chi connectivity index (χ0v) is 19.8. The third-order valence-corrected chi connectivity index (χ3v) is 5.51. The Hall–Kier alpha value is -4.10. The molecular weight excluding hydrogens is 444 g/mol. The highest BCUT2D eigenvalue weighted by Crippen LogP contribution is 2.33. The van der Waals surface area contributed by atoms with Gasteiger partial charge in [-0.05, 0) is 53.9 Å². The van der Waals surface area contributed by atoms with Crippen molar-refractivity contribution in [1.82, 2.24) is 0 Å². The van der Waals surface area contributed by atoms with Crippen molar-refractivity contribution in [2.24, 2.45) is 5.73 Å². The lowest BCUT2D eigenvalue weighted by Crippen LogP contribution is -2.10. The zero-order valence-electron chi connectivity index (χ0n) is 19.8. The van der Waals surface area contributed by atoms with Crippen LogP contribution in [-0.2, 0) is 33.9 Å². The molecule has 0 aliphatic rings. The van der Waals surface area contributed by atoms with Gasteiger partial charge in [0.1, 0.15) is 17.9 Å². The molecule has 0 fully saturated rings. The molecule has 0 aliphatic heterocycles. The summed E-state index contributed by atoms with van der Waals surface area (Å²) in [6.45, 7) is 4.21. The largest absolute Gasteiger partial charge is 0.489 e. The second-order valence-corrected chi connectivity index (χ2v) is 8.16. The van der Waals surface area contributed by atoms with E-state index < -0.39 is 0 Å². The van der Waals surface area contributed by atoms with Crippen LogP contribution in [-0.4, -0.2) is 18.5 Å². The summed E-state index contributed by atoms with van der Waals surface area (Å²) in [5.74, 6) is -0.0290. The molecule has 0 saturated heterocycles. The molecule has 0 aliphatic carbocycles. The molecule has 1 heterocycles. The fraction of sp³-hybridized carbons (Fsp3) is 0.214. The van der Waals surface area contributed by atoms with E-state index in [1.54, 1.807) is 31.4 Å². The smallest absolute Gasteiger partial charge is 0.310 e. The van der Waals surface area contributed by atoms with E-state index in [-0.39, 0.29) is 24.9 Å². The maximum absolute atomic E-state index is 12.1. The Morgan fingerprint density at radius 2 is 1.89 bits per heavy atom. The summed E-state index contributed by atoms with van der Waals surface area (Å²) in [6.07, 6.45) is 1.74. The second-order valence-electron chi connectivity index (χ2n) is 8.16. The Bertz CT molecular complexity index is 1360. The maximum atomic E-state index is 12.1. The number of esters is 1. The van der Waals surface area contributed by atoms with Crippen LogP contribution in [0.4, 0.5) is 5.69 Å². The van der Waals surface area contributed by atoms with Crippen LogP contribution in [0.5, 0.6) is 5.75 Å². The number of amides is 1. The number of nitrogens with one attached hydrogen (secondary N) is 1. The molecule has 1 aromatic heterocycles. The van der Waals surface area contributed by atoms with E-state index in [0.29, 0.717) is 30.2 Å². The topological polar surface area (TPSA) is 104 Å².